The fraction of sp³-hybridized carbons (Fsp3) is 0.350. The van der Waals surface area contributed by atoms with Gasteiger partial charge in [-0.2, -0.15) is 0 Å². The Balaban J connectivity index is 1.38. The number of thioether (sulfide) groups is 1. The van der Waals surface area contributed by atoms with Crippen molar-refractivity contribution in [2.24, 2.45) is 0 Å². The zero-order valence-electron chi connectivity index (χ0n) is 16.9. The van der Waals surface area contributed by atoms with E-state index in [-0.39, 0.29) is 29.2 Å². The third-order valence-electron chi connectivity index (χ3n) is 4.90. The largest absolute Gasteiger partial charge is 0.333 e. The van der Waals surface area contributed by atoms with Gasteiger partial charge < -0.3 is 10.2 Å². The smallest absolute Gasteiger partial charge is 0.233 e. The van der Waals surface area contributed by atoms with Crippen LogP contribution in [0.15, 0.2) is 46.1 Å². The van der Waals surface area contributed by atoms with Crippen molar-refractivity contribution in [3.05, 3.63) is 52.2 Å². The van der Waals surface area contributed by atoms with Gasteiger partial charge in [0.1, 0.15) is 0 Å². The van der Waals surface area contributed by atoms with Crippen molar-refractivity contribution in [1.82, 2.24) is 15.1 Å². The molecule has 1 fully saturated rings. The number of thiophene rings is 1. The zero-order chi connectivity index (χ0) is 21.8. The molecule has 11 heteroatoms. The van der Waals surface area contributed by atoms with Crippen molar-refractivity contribution in [2.75, 3.05) is 22.6 Å². The Bertz CT molecular complexity index is 1130. The van der Waals surface area contributed by atoms with Crippen LogP contribution in [0.3, 0.4) is 0 Å². The van der Waals surface area contributed by atoms with Crippen LogP contribution < -0.4 is 5.32 Å². The van der Waals surface area contributed by atoms with Gasteiger partial charge >= 0.3 is 0 Å². The van der Waals surface area contributed by atoms with Crippen molar-refractivity contribution in [3.8, 4) is 0 Å². The average Bonchev–Trinajstić information content (AvgIpc) is 3.48. The lowest BCUT2D eigenvalue weighted by Crippen LogP contribution is -2.41. The van der Waals surface area contributed by atoms with E-state index in [0.29, 0.717) is 22.4 Å². The van der Waals surface area contributed by atoms with Crippen LogP contribution in [0.5, 0.6) is 0 Å². The molecule has 4 rings (SSSR count). The first kappa shape index (κ1) is 22.3. The van der Waals surface area contributed by atoms with Crippen molar-refractivity contribution >= 4 is 61.0 Å². The summed E-state index contributed by atoms with van der Waals surface area (Å²) in [6.45, 7) is 2.47. The second-order valence-electron chi connectivity index (χ2n) is 7.31. The van der Waals surface area contributed by atoms with E-state index >= 15 is 0 Å². The highest BCUT2D eigenvalue weighted by atomic mass is 32.2. The summed E-state index contributed by atoms with van der Waals surface area (Å²) in [4.78, 5) is 15.8. The molecule has 0 aliphatic carbocycles. The number of anilines is 2. The molecule has 0 saturated carbocycles. The first-order valence-electron chi connectivity index (χ1n) is 9.70. The molecule has 1 amide bonds. The molecule has 1 aromatic carbocycles. The van der Waals surface area contributed by atoms with E-state index in [1.807, 2.05) is 48.7 Å². The van der Waals surface area contributed by atoms with E-state index in [1.165, 1.54) is 28.7 Å². The maximum absolute atomic E-state index is 13.0. The lowest BCUT2D eigenvalue weighted by molar-refractivity contribution is -0.130. The number of nitrogens with one attached hydrogen (secondary N) is 1. The Morgan fingerprint density at radius 1 is 1.26 bits per heavy atom. The van der Waals surface area contributed by atoms with Gasteiger partial charge in [-0.05, 0) is 36.9 Å². The highest BCUT2D eigenvalue weighted by Gasteiger charge is 2.34. The predicted octanol–water partition coefficient (Wildman–Crippen LogP) is 3.96. The Hall–Kier alpha value is -1.95. The fourth-order valence-corrected chi connectivity index (χ4v) is 7.39. The van der Waals surface area contributed by atoms with E-state index in [9.17, 15) is 13.2 Å². The van der Waals surface area contributed by atoms with E-state index < -0.39 is 9.84 Å². The van der Waals surface area contributed by atoms with Gasteiger partial charge in [0.2, 0.25) is 11.0 Å². The molecule has 164 valence electrons. The van der Waals surface area contributed by atoms with Gasteiger partial charge in [0.15, 0.2) is 14.2 Å². The Morgan fingerprint density at radius 3 is 2.74 bits per heavy atom. The first-order chi connectivity index (χ1) is 14.9. The summed E-state index contributed by atoms with van der Waals surface area (Å²) in [6.07, 6.45) is 0.494. The summed E-state index contributed by atoms with van der Waals surface area (Å²) in [5.41, 5.74) is 2.11. The van der Waals surface area contributed by atoms with Crippen molar-refractivity contribution in [1.29, 1.82) is 0 Å². The average molecular weight is 495 g/mol. The van der Waals surface area contributed by atoms with Gasteiger partial charge in [-0.3, -0.25) is 4.79 Å². The normalized spacial score (nSPS) is 17.5. The van der Waals surface area contributed by atoms with Crippen molar-refractivity contribution in [3.63, 3.8) is 0 Å². The van der Waals surface area contributed by atoms with E-state index in [0.717, 1.165) is 10.6 Å². The Kier molecular flexibility index (Phi) is 6.95. The van der Waals surface area contributed by atoms with E-state index in [1.54, 1.807) is 16.2 Å². The topological polar surface area (TPSA) is 92.3 Å². The number of aromatic nitrogens is 2. The number of hydrogen-bond acceptors (Lipinski definition) is 9. The molecule has 1 atom stereocenters. The molecule has 7 nitrogen and oxygen atoms in total. The number of nitrogens with zero attached hydrogens (tertiary/aromatic N) is 3. The minimum Gasteiger partial charge on any atom is -0.333 e. The standard InChI is InChI=1S/C20H22N4O3S4/c1-14-4-6-15(7-5-14)21-19-22-23-20(30-19)29-12-18(25)24(11-17-3-2-9-28-17)16-8-10-31(26,27)13-16/h2-7,9,16H,8,10-13H2,1H3,(H,21,22). The molecular weight excluding hydrogens is 473 g/mol. The molecule has 0 bridgehead atoms. The van der Waals surface area contributed by atoms with Crippen LogP contribution >= 0.6 is 34.4 Å². The molecule has 3 heterocycles. The SMILES string of the molecule is Cc1ccc(Nc2nnc(SCC(=O)N(Cc3cccs3)C3CCS(=O)(=O)C3)s2)cc1. The molecule has 0 spiro atoms. The predicted molar refractivity (Wildman–Crippen MR) is 127 cm³/mol. The third kappa shape index (κ3) is 6.06. The number of sulfone groups is 1. The van der Waals surface area contributed by atoms with Crippen LogP contribution in [0, 0.1) is 6.92 Å². The summed E-state index contributed by atoms with van der Waals surface area (Å²) in [5, 5.41) is 14.1. The highest BCUT2D eigenvalue weighted by Crippen LogP contribution is 2.29. The van der Waals surface area contributed by atoms with Gasteiger partial charge in [0.25, 0.3) is 0 Å². The summed E-state index contributed by atoms with van der Waals surface area (Å²) in [7, 11) is -3.08. The summed E-state index contributed by atoms with van der Waals surface area (Å²) in [5.74, 6) is 0.298. The molecule has 31 heavy (non-hydrogen) atoms. The maximum atomic E-state index is 13.0. The number of hydrogen-bond donors (Lipinski definition) is 1. The lowest BCUT2D eigenvalue weighted by Gasteiger charge is -2.27. The number of carbonyl (C=O) groups excluding carboxylic acids is 1. The molecule has 1 unspecified atom stereocenters. The molecule has 1 saturated heterocycles. The van der Waals surface area contributed by atoms with Crippen LogP contribution in [0.25, 0.3) is 0 Å². The van der Waals surface area contributed by atoms with Crippen LogP contribution in [-0.4, -0.2) is 52.7 Å². The number of benzene rings is 1. The second kappa shape index (κ2) is 9.68. The first-order valence-corrected chi connectivity index (χ1v) is 14.2. The van der Waals surface area contributed by atoms with Crippen LogP contribution in [0.2, 0.25) is 0 Å². The maximum Gasteiger partial charge on any atom is 0.233 e. The third-order valence-corrected chi connectivity index (χ3v) is 9.47. The monoisotopic (exact) mass is 494 g/mol. The number of aryl methyl sites for hydroxylation is 1. The summed E-state index contributed by atoms with van der Waals surface area (Å²) in [6, 6.07) is 11.6. The minimum absolute atomic E-state index is 0.0399. The van der Waals surface area contributed by atoms with Gasteiger partial charge in [0, 0.05) is 16.6 Å². The fourth-order valence-electron chi connectivity index (χ4n) is 3.30. The van der Waals surface area contributed by atoms with Gasteiger partial charge in [-0.15, -0.1) is 21.5 Å². The van der Waals surface area contributed by atoms with Crippen molar-refractivity contribution in [2.45, 2.75) is 30.3 Å². The van der Waals surface area contributed by atoms with Crippen LogP contribution in [-0.2, 0) is 21.2 Å². The number of amides is 1. The van der Waals surface area contributed by atoms with Crippen LogP contribution in [0.1, 0.15) is 16.9 Å². The zero-order valence-corrected chi connectivity index (χ0v) is 20.1. The van der Waals surface area contributed by atoms with Gasteiger partial charge in [0.05, 0.1) is 23.8 Å². The highest BCUT2D eigenvalue weighted by molar-refractivity contribution is 8.01. The Morgan fingerprint density at radius 2 is 2.06 bits per heavy atom. The molecule has 1 N–H and O–H groups in total. The van der Waals surface area contributed by atoms with Crippen molar-refractivity contribution < 1.29 is 13.2 Å². The number of carbonyl (C=O) groups is 1. The Labute approximate surface area is 193 Å². The minimum atomic E-state index is -3.08. The van der Waals surface area contributed by atoms with Gasteiger partial charge in [-0.1, -0.05) is 46.9 Å². The molecule has 2 aromatic heterocycles. The summed E-state index contributed by atoms with van der Waals surface area (Å²) < 4.78 is 24.6. The molecule has 1 aliphatic rings. The molecule has 0 radical (unpaired) electrons. The quantitative estimate of drug-likeness (QED) is 0.474. The van der Waals surface area contributed by atoms with Gasteiger partial charge in [-0.25, -0.2) is 8.42 Å². The van der Waals surface area contributed by atoms with E-state index in [4.69, 9.17) is 0 Å². The van der Waals surface area contributed by atoms with Crippen LogP contribution in [0.4, 0.5) is 10.8 Å². The molecular formula is C20H22N4O3S4. The molecule has 1 aliphatic heterocycles. The summed E-state index contributed by atoms with van der Waals surface area (Å²) >= 11 is 4.29. The lowest BCUT2D eigenvalue weighted by atomic mass is 10.2. The van der Waals surface area contributed by atoms with E-state index in [2.05, 4.69) is 15.5 Å². The molecule has 3 aromatic rings. The number of rotatable bonds is 8. The second-order valence-corrected chi connectivity index (χ2v) is 12.8.